The summed E-state index contributed by atoms with van der Waals surface area (Å²) < 4.78 is 37.8. The fourth-order valence-corrected chi connectivity index (χ4v) is 2.91. The van der Waals surface area contributed by atoms with Crippen molar-refractivity contribution in [1.82, 2.24) is 0 Å². The van der Waals surface area contributed by atoms with Crippen LogP contribution in [0.25, 0.3) is 0 Å². The molecule has 4 nitrogen and oxygen atoms in total. The van der Waals surface area contributed by atoms with Crippen LogP contribution in [-0.2, 0) is 4.79 Å². The number of halogens is 2. The standard InChI is InChI=1S/C16H11F2NO3/c17-8-1-2-9(12(18)3-8)10-5-16(20)19-13-6-15-14(4-11(10)13)21-7-22-15/h1-4,6,10H,5,7H2,(H,19,20). The first kappa shape index (κ1) is 13.1. The van der Waals surface area contributed by atoms with Crippen LogP contribution in [0, 0.1) is 11.6 Å². The molecule has 1 atom stereocenters. The van der Waals surface area contributed by atoms with E-state index in [4.69, 9.17) is 9.47 Å². The molecule has 0 aromatic heterocycles. The van der Waals surface area contributed by atoms with E-state index in [1.54, 1.807) is 12.1 Å². The van der Waals surface area contributed by atoms with Crippen molar-refractivity contribution in [2.75, 3.05) is 12.1 Å². The van der Waals surface area contributed by atoms with Crippen LogP contribution in [-0.4, -0.2) is 12.7 Å². The fourth-order valence-electron chi connectivity index (χ4n) is 2.91. The molecule has 0 bridgehead atoms. The van der Waals surface area contributed by atoms with E-state index >= 15 is 0 Å². The largest absolute Gasteiger partial charge is 0.454 e. The highest BCUT2D eigenvalue weighted by molar-refractivity contribution is 5.96. The zero-order valence-electron chi connectivity index (χ0n) is 11.4. The Morgan fingerprint density at radius 3 is 2.59 bits per heavy atom. The molecule has 2 aromatic rings. The van der Waals surface area contributed by atoms with E-state index in [0.29, 0.717) is 17.2 Å². The van der Waals surface area contributed by atoms with Crippen molar-refractivity contribution >= 4 is 11.6 Å². The Morgan fingerprint density at radius 1 is 1.05 bits per heavy atom. The maximum Gasteiger partial charge on any atom is 0.231 e. The van der Waals surface area contributed by atoms with Gasteiger partial charge in [0.05, 0.1) is 0 Å². The molecular weight excluding hydrogens is 292 g/mol. The van der Waals surface area contributed by atoms with Crippen LogP contribution in [0.5, 0.6) is 11.5 Å². The summed E-state index contributed by atoms with van der Waals surface area (Å²) in [4.78, 5) is 11.9. The van der Waals surface area contributed by atoms with Gasteiger partial charge in [0, 0.05) is 30.2 Å². The Hall–Kier alpha value is -2.63. The Balaban J connectivity index is 1.86. The molecule has 22 heavy (non-hydrogen) atoms. The summed E-state index contributed by atoms with van der Waals surface area (Å²) in [6.07, 6.45) is 0.0925. The lowest BCUT2D eigenvalue weighted by Gasteiger charge is -2.26. The number of nitrogens with one attached hydrogen (secondary N) is 1. The molecule has 2 aromatic carbocycles. The summed E-state index contributed by atoms with van der Waals surface area (Å²) in [7, 11) is 0. The molecule has 0 fully saturated rings. The van der Waals surface area contributed by atoms with E-state index in [9.17, 15) is 13.6 Å². The average molecular weight is 303 g/mol. The predicted molar refractivity (Wildman–Crippen MR) is 74.0 cm³/mol. The van der Waals surface area contributed by atoms with Crippen molar-refractivity contribution in [3.63, 3.8) is 0 Å². The number of benzene rings is 2. The monoisotopic (exact) mass is 303 g/mol. The van der Waals surface area contributed by atoms with Crippen LogP contribution >= 0.6 is 0 Å². The number of fused-ring (bicyclic) bond motifs is 2. The van der Waals surface area contributed by atoms with Gasteiger partial charge < -0.3 is 14.8 Å². The molecule has 2 aliphatic rings. The van der Waals surface area contributed by atoms with E-state index < -0.39 is 17.6 Å². The average Bonchev–Trinajstić information content (AvgIpc) is 2.91. The molecule has 6 heteroatoms. The Labute approximate surface area is 124 Å². The number of hydrogen-bond acceptors (Lipinski definition) is 3. The molecule has 1 amide bonds. The van der Waals surface area contributed by atoms with Crippen molar-refractivity contribution in [2.45, 2.75) is 12.3 Å². The highest BCUT2D eigenvalue weighted by atomic mass is 19.1. The molecular formula is C16H11F2NO3. The van der Waals surface area contributed by atoms with E-state index in [1.807, 2.05) is 0 Å². The van der Waals surface area contributed by atoms with Crippen LogP contribution in [0.2, 0.25) is 0 Å². The summed E-state index contributed by atoms with van der Waals surface area (Å²) in [6, 6.07) is 6.81. The molecule has 1 N–H and O–H groups in total. The molecule has 0 radical (unpaired) electrons. The second-order valence-electron chi connectivity index (χ2n) is 5.26. The molecule has 2 heterocycles. The summed E-state index contributed by atoms with van der Waals surface area (Å²) in [5.74, 6) is -0.920. The Kier molecular flexibility index (Phi) is 2.79. The lowest BCUT2D eigenvalue weighted by molar-refractivity contribution is -0.116. The quantitative estimate of drug-likeness (QED) is 0.880. The van der Waals surface area contributed by atoms with Crippen molar-refractivity contribution in [3.05, 3.63) is 53.1 Å². The summed E-state index contributed by atoms with van der Waals surface area (Å²) in [5, 5.41) is 2.75. The lowest BCUT2D eigenvalue weighted by atomic mass is 9.84. The number of carbonyl (C=O) groups is 1. The highest BCUT2D eigenvalue weighted by Gasteiger charge is 2.31. The summed E-state index contributed by atoms with van der Waals surface area (Å²) in [5.41, 5.74) is 1.58. The van der Waals surface area contributed by atoms with Crippen LogP contribution in [0.1, 0.15) is 23.5 Å². The summed E-state index contributed by atoms with van der Waals surface area (Å²) >= 11 is 0. The molecule has 0 aliphatic carbocycles. The minimum atomic E-state index is -0.664. The highest BCUT2D eigenvalue weighted by Crippen LogP contribution is 2.45. The van der Waals surface area contributed by atoms with E-state index in [0.717, 1.165) is 11.6 Å². The van der Waals surface area contributed by atoms with Gasteiger partial charge in [-0.2, -0.15) is 0 Å². The lowest BCUT2D eigenvalue weighted by Crippen LogP contribution is -2.24. The second-order valence-corrected chi connectivity index (χ2v) is 5.26. The number of rotatable bonds is 1. The van der Waals surface area contributed by atoms with E-state index in [2.05, 4.69) is 5.32 Å². The van der Waals surface area contributed by atoms with Gasteiger partial charge in [-0.3, -0.25) is 4.79 Å². The first-order valence-electron chi connectivity index (χ1n) is 6.80. The van der Waals surface area contributed by atoms with Crippen LogP contribution in [0.4, 0.5) is 14.5 Å². The van der Waals surface area contributed by atoms with Crippen LogP contribution in [0.3, 0.4) is 0 Å². The molecule has 112 valence electrons. The summed E-state index contributed by atoms with van der Waals surface area (Å²) in [6.45, 7) is 0.113. The van der Waals surface area contributed by atoms with Gasteiger partial charge in [-0.25, -0.2) is 8.78 Å². The fraction of sp³-hybridized carbons (Fsp3) is 0.188. The zero-order valence-corrected chi connectivity index (χ0v) is 11.4. The molecule has 0 saturated carbocycles. The Bertz CT molecular complexity index is 791. The molecule has 4 rings (SSSR count). The second kappa shape index (κ2) is 4.69. The van der Waals surface area contributed by atoms with E-state index in [1.165, 1.54) is 12.1 Å². The van der Waals surface area contributed by atoms with Crippen molar-refractivity contribution in [3.8, 4) is 11.5 Å². The first-order valence-corrected chi connectivity index (χ1v) is 6.80. The van der Waals surface area contributed by atoms with Crippen molar-refractivity contribution < 1.29 is 23.0 Å². The topological polar surface area (TPSA) is 47.6 Å². The van der Waals surface area contributed by atoms with Crippen LogP contribution in [0.15, 0.2) is 30.3 Å². The van der Waals surface area contributed by atoms with Gasteiger partial charge in [-0.05, 0) is 23.3 Å². The molecule has 0 spiro atoms. The third-order valence-electron chi connectivity index (χ3n) is 3.92. The first-order chi connectivity index (χ1) is 10.6. The predicted octanol–water partition coefficient (Wildman–Crippen LogP) is 3.17. The van der Waals surface area contributed by atoms with Crippen LogP contribution < -0.4 is 14.8 Å². The van der Waals surface area contributed by atoms with Gasteiger partial charge in [0.1, 0.15) is 11.6 Å². The molecule has 2 aliphatic heterocycles. The minimum Gasteiger partial charge on any atom is -0.454 e. The third kappa shape index (κ3) is 1.99. The van der Waals surface area contributed by atoms with Gasteiger partial charge in [0.15, 0.2) is 11.5 Å². The number of carbonyl (C=O) groups excluding carboxylic acids is 1. The zero-order chi connectivity index (χ0) is 15.3. The number of amides is 1. The molecule has 0 saturated heterocycles. The maximum absolute atomic E-state index is 14.1. The van der Waals surface area contributed by atoms with E-state index in [-0.39, 0.29) is 24.7 Å². The SMILES string of the molecule is O=C1CC(c2ccc(F)cc2F)c2cc3c(cc2N1)OCO3. The number of hydrogen-bond donors (Lipinski definition) is 1. The minimum absolute atomic E-state index is 0.0925. The maximum atomic E-state index is 14.1. The normalized spacial score (nSPS) is 18.8. The van der Waals surface area contributed by atoms with Crippen molar-refractivity contribution in [2.24, 2.45) is 0 Å². The Morgan fingerprint density at radius 2 is 1.82 bits per heavy atom. The van der Waals surface area contributed by atoms with Gasteiger partial charge in [0.25, 0.3) is 0 Å². The number of ether oxygens (including phenoxy) is 2. The van der Waals surface area contributed by atoms with Crippen molar-refractivity contribution in [1.29, 1.82) is 0 Å². The van der Waals surface area contributed by atoms with Gasteiger partial charge >= 0.3 is 0 Å². The van der Waals surface area contributed by atoms with Gasteiger partial charge in [0.2, 0.25) is 12.7 Å². The van der Waals surface area contributed by atoms with Gasteiger partial charge in [-0.15, -0.1) is 0 Å². The van der Waals surface area contributed by atoms with Gasteiger partial charge in [-0.1, -0.05) is 6.07 Å². The smallest absolute Gasteiger partial charge is 0.231 e. The third-order valence-corrected chi connectivity index (χ3v) is 3.92. The molecule has 1 unspecified atom stereocenters. The number of anilines is 1.